The number of carbonyl (C=O) groups is 1. The van der Waals surface area contributed by atoms with E-state index in [1.807, 2.05) is 0 Å². The zero-order valence-corrected chi connectivity index (χ0v) is 19.0. The Labute approximate surface area is 194 Å². The molecule has 0 spiro atoms. The first-order valence-electron chi connectivity index (χ1n) is 9.27. The standard InChI is InChI=1S/C21H17Cl2N3O5S/c1-2-25(15-6-4-3-5-7-15)32(30,31)16-9-11-18(22)17(13-16)21(27)24-14-8-10-19(23)20(12-14)26(28)29/h3-13H,2H2,1H3,(H,24,27). The molecule has 3 rings (SSSR count). The topological polar surface area (TPSA) is 110 Å². The van der Waals surface area contributed by atoms with Crippen molar-refractivity contribution >= 4 is 56.2 Å². The largest absolute Gasteiger partial charge is 0.322 e. The number of halogens is 2. The number of sulfonamides is 1. The number of nitrogens with zero attached hydrogens (tertiary/aromatic N) is 2. The van der Waals surface area contributed by atoms with E-state index in [0.29, 0.717) is 5.69 Å². The third-order valence-corrected chi connectivity index (χ3v) is 7.05. The van der Waals surface area contributed by atoms with Gasteiger partial charge in [-0.3, -0.25) is 19.2 Å². The molecule has 0 heterocycles. The lowest BCUT2D eigenvalue weighted by Crippen LogP contribution is -2.31. The van der Waals surface area contributed by atoms with Gasteiger partial charge in [0, 0.05) is 18.3 Å². The van der Waals surface area contributed by atoms with E-state index in [0.717, 1.165) is 6.07 Å². The maximum absolute atomic E-state index is 13.2. The van der Waals surface area contributed by atoms with Crippen LogP contribution in [0.25, 0.3) is 0 Å². The van der Waals surface area contributed by atoms with Gasteiger partial charge >= 0.3 is 0 Å². The number of amides is 1. The monoisotopic (exact) mass is 493 g/mol. The van der Waals surface area contributed by atoms with Gasteiger partial charge in [0.15, 0.2) is 0 Å². The van der Waals surface area contributed by atoms with E-state index >= 15 is 0 Å². The zero-order valence-electron chi connectivity index (χ0n) is 16.7. The Hall–Kier alpha value is -3.14. The van der Waals surface area contributed by atoms with Crippen molar-refractivity contribution in [2.24, 2.45) is 0 Å². The van der Waals surface area contributed by atoms with Crippen molar-refractivity contribution in [1.29, 1.82) is 0 Å². The van der Waals surface area contributed by atoms with Crippen molar-refractivity contribution in [1.82, 2.24) is 0 Å². The minimum absolute atomic E-state index is 0.0210. The van der Waals surface area contributed by atoms with Gasteiger partial charge in [-0.25, -0.2) is 8.42 Å². The minimum Gasteiger partial charge on any atom is -0.322 e. The number of para-hydroxylation sites is 1. The maximum atomic E-state index is 13.2. The molecule has 3 aromatic rings. The number of anilines is 2. The Kier molecular flexibility index (Phi) is 7.02. The molecule has 0 aliphatic carbocycles. The molecular weight excluding hydrogens is 477 g/mol. The summed E-state index contributed by atoms with van der Waals surface area (Å²) in [4.78, 5) is 23.0. The van der Waals surface area contributed by atoms with Crippen LogP contribution in [0.2, 0.25) is 10.0 Å². The normalized spacial score (nSPS) is 11.1. The van der Waals surface area contributed by atoms with Crippen LogP contribution in [0.15, 0.2) is 71.6 Å². The summed E-state index contributed by atoms with van der Waals surface area (Å²) in [6, 6.07) is 16.1. The van der Waals surface area contributed by atoms with E-state index in [4.69, 9.17) is 23.2 Å². The summed E-state index contributed by atoms with van der Waals surface area (Å²) in [7, 11) is -3.99. The summed E-state index contributed by atoms with van der Waals surface area (Å²) in [6.07, 6.45) is 0. The Bertz CT molecular complexity index is 1280. The molecule has 3 aromatic carbocycles. The van der Waals surface area contributed by atoms with Crippen LogP contribution in [-0.2, 0) is 10.0 Å². The molecule has 0 aliphatic rings. The zero-order chi connectivity index (χ0) is 23.5. The quantitative estimate of drug-likeness (QED) is 0.351. The molecule has 0 aliphatic heterocycles. The fourth-order valence-corrected chi connectivity index (χ4v) is 4.87. The number of nitro benzene ring substituents is 1. The smallest absolute Gasteiger partial charge is 0.289 e. The first-order valence-corrected chi connectivity index (χ1v) is 11.5. The summed E-state index contributed by atoms with van der Waals surface area (Å²) >= 11 is 11.9. The second-order valence-corrected chi connectivity index (χ2v) is 9.20. The molecule has 11 heteroatoms. The van der Waals surface area contributed by atoms with Crippen LogP contribution >= 0.6 is 23.2 Å². The van der Waals surface area contributed by atoms with Crippen molar-refractivity contribution in [3.05, 3.63) is 92.5 Å². The highest BCUT2D eigenvalue weighted by Gasteiger charge is 2.25. The summed E-state index contributed by atoms with van der Waals surface area (Å²) in [5, 5.41) is 13.5. The summed E-state index contributed by atoms with van der Waals surface area (Å²) < 4.78 is 27.7. The third-order valence-electron chi connectivity index (χ3n) is 4.50. The number of carbonyl (C=O) groups excluding carboxylic acids is 1. The molecule has 166 valence electrons. The number of nitro groups is 1. The second kappa shape index (κ2) is 9.56. The van der Waals surface area contributed by atoms with Gasteiger partial charge in [-0.05, 0) is 49.4 Å². The van der Waals surface area contributed by atoms with E-state index in [2.05, 4.69) is 5.32 Å². The van der Waals surface area contributed by atoms with Crippen LogP contribution in [-0.4, -0.2) is 25.8 Å². The van der Waals surface area contributed by atoms with Gasteiger partial charge in [0.25, 0.3) is 21.6 Å². The van der Waals surface area contributed by atoms with Crippen molar-refractivity contribution in [2.75, 3.05) is 16.2 Å². The first-order chi connectivity index (χ1) is 15.1. The van der Waals surface area contributed by atoms with E-state index in [-0.39, 0.29) is 38.4 Å². The fraction of sp³-hybridized carbons (Fsp3) is 0.0952. The van der Waals surface area contributed by atoms with Gasteiger partial charge in [0.1, 0.15) is 5.02 Å². The average Bonchev–Trinajstić information content (AvgIpc) is 2.76. The van der Waals surface area contributed by atoms with Gasteiger partial charge < -0.3 is 5.32 Å². The number of hydrogen-bond acceptors (Lipinski definition) is 5. The van der Waals surface area contributed by atoms with E-state index in [1.54, 1.807) is 37.3 Å². The predicted molar refractivity (Wildman–Crippen MR) is 124 cm³/mol. The van der Waals surface area contributed by atoms with Crippen LogP contribution in [0, 0.1) is 10.1 Å². The van der Waals surface area contributed by atoms with Gasteiger partial charge in [0.05, 0.1) is 26.1 Å². The highest BCUT2D eigenvalue weighted by Crippen LogP contribution is 2.29. The van der Waals surface area contributed by atoms with Crippen LogP contribution < -0.4 is 9.62 Å². The molecule has 0 atom stereocenters. The molecule has 0 radical (unpaired) electrons. The molecule has 1 N–H and O–H groups in total. The molecule has 0 saturated carbocycles. The van der Waals surface area contributed by atoms with Crippen LogP contribution in [0.1, 0.15) is 17.3 Å². The van der Waals surface area contributed by atoms with Crippen LogP contribution in [0.4, 0.5) is 17.1 Å². The fourth-order valence-electron chi connectivity index (χ4n) is 2.98. The Morgan fingerprint density at radius 2 is 1.69 bits per heavy atom. The van der Waals surface area contributed by atoms with Gasteiger partial charge in [-0.2, -0.15) is 0 Å². The average molecular weight is 494 g/mol. The lowest BCUT2D eigenvalue weighted by atomic mass is 10.2. The summed E-state index contributed by atoms with van der Waals surface area (Å²) in [5.74, 6) is -0.730. The number of nitrogens with one attached hydrogen (secondary N) is 1. The Balaban J connectivity index is 1.96. The summed E-state index contributed by atoms with van der Waals surface area (Å²) in [5.41, 5.74) is 0.0992. The molecule has 1 amide bonds. The molecule has 0 bridgehead atoms. The molecule has 0 unspecified atom stereocenters. The van der Waals surface area contributed by atoms with Gasteiger partial charge in [-0.1, -0.05) is 41.4 Å². The summed E-state index contributed by atoms with van der Waals surface area (Å²) in [6.45, 7) is 1.87. The molecule has 32 heavy (non-hydrogen) atoms. The Morgan fingerprint density at radius 3 is 2.31 bits per heavy atom. The molecule has 0 aromatic heterocycles. The molecule has 8 nitrogen and oxygen atoms in total. The minimum atomic E-state index is -3.99. The van der Waals surface area contributed by atoms with E-state index in [1.165, 1.54) is 34.6 Å². The van der Waals surface area contributed by atoms with Crippen molar-refractivity contribution in [3.8, 4) is 0 Å². The van der Waals surface area contributed by atoms with Crippen molar-refractivity contribution in [2.45, 2.75) is 11.8 Å². The third kappa shape index (κ3) is 4.85. The van der Waals surface area contributed by atoms with Crippen LogP contribution in [0.5, 0.6) is 0 Å². The first kappa shape index (κ1) is 23.5. The van der Waals surface area contributed by atoms with Crippen LogP contribution in [0.3, 0.4) is 0 Å². The highest BCUT2D eigenvalue weighted by molar-refractivity contribution is 7.92. The van der Waals surface area contributed by atoms with E-state index in [9.17, 15) is 23.3 Å². The molecule has 0 saturated heterocycles. The molecular formula is C21H17Cl2N3O5S. The Morgan fingerprint density at radius 1 is 1.03 bits per heavy atom. The number of hydrogen-bond donors (Lipinski definition) is 1. The van der Waals surface area contributed by atoms with Gasteiger partial charge in [-0.15, -0.1) is 0 Å². The number of benzene rings is 3. The van der Waals surface area contributed by atoms with Gasteiger partial charge in [0.2, 0.25) is 0 Å². The highest BCUT2D eigenvalue weighted by atomic mass is 35.5. The molecule has 0 fully saturated rings. The van der Waals surface area contributed by atoms with E-state index < -0.39 is 20.9 Å². The maximum Gasteiger partial charge on any atom is 0.289 e. The SMILES string of the molecule is CCN(c1ccccc1)S(=O)(=O)c1ccc(Cl)c(C(=O)Nc2ccc(Cl)c([N+](=O)[O-])c2)c1. The second-order valence-electron chi connectivity index (χ2n) is 6.52. The van der Waals surface area contributed by atoms with Crippen molar-refractivity contribution < 1.29 is 18.1 Å². The lowest BCUT2D eigenvalue weighted by Gasteiger charge is -2.23. The predicted octanol–water partition coefficient (Wildman–Crippen LogP) is 5.37. The number of rotatable bonds is 7. The van der Waals surface area contributed by atoms with Crippen molar-refractivity contribution in [3.63, 3.8) is 0 Å². The lowest BCUT2D eigenvalue weighted by molar-refractivity contribution is -0.384.